The van der Waals surface area contributed by atoms with Gasteiger partial charge in [-0.05, 0) is 46.2 Å². The van der Waals surface area contributed by atoms with Gasteiger partial charge in [0.1, 0.15) is 0 Å². The van der Waals surface area contributed by atoms with Crippen LogP contribution in [0.2, 0.25) is 0 Å². The second-order valence-electron chi connectivity index (χ2n) is 4.22. The molecule has 1 nitrogen and oxygen atoms in total. The van der Waals surface area contributed by atoms with Crippen LogP contribution < -0.4 is 5.73 Å². The minimum atomic E-state index is 0.865. The van der Waals surface area contributed by atoms with Crippen LogP contribution in [0.5, 0.6) is 0 Å². The van der Waals surface area contributed by atoms with Crippen molar-refractivity contribution in [1.82, 2.24) is 0 Å². The predicted molar refractivity (Wildman–Crippen MR) is 70.6 cm³/mol. The molecule has 3 aromatic rings. The van der Waals surface area contributed by atoms with Gasteiger partial charge in [0, 0.05) is 5.69 Å². The molecule has 3 aromatic carbocycles. The molecule has 0 amide bonds. The first kappa shape index (κ1) is 9.22. The Kier molecular flexibility index (Phi) is 1.87. The Morgan fingerprint density at radius 1 is 0.812 bits per heavy atom. The molecule has 0 heterocycles. The van der Waals surface area contributed by atoms with Crippen molar-refractivity contribution in [3.63, 3.8) is 0 Å². The number of nitrogens with two attached hydrogens (primary N) is 1. The van der Waals surface area contributed by atoms with Crippen LogP contribution in [0.4, 0.5) is 5.69 Å². The van der Waals surface area contributed by atoms with E-state index in [4.69, 9.17) is 5.73 Å². The van der Waals surface area contributed by atoms with Gasteiger partial charge in [-0.3, -0.25) is 0 Å². The summed E-state index contributed by atoms with van der Waals surface area (Å²) in [4.78, 5) is 0. The van der Waals surface area contributed by atoms with Gasteiger partial charge in [0.05, 0.1) is 0 Å². The maximum Gasteiger partial charge on any atom is 0.0350 e. The van der Waals surface area contributed by atoms with Crippen LogP contribution >= 0.6 is 0 Å². The molecular formula is C15H13N. The Labute approximate surface area is 94.5 Å². The fourth-order valence-corrected chi connectivity index (χ4v) is 2.19. The average Bonchev–Trinajstić information content (AvgIpc) is 2.31. The van der Waals surface area contributed by atoms with Crippen LogP contribution in [-0.2, 0) is 0 Å². The van der Waals surface area contributed by atoms with E-state index in [1.54, 1.807) is 0 Å². The lowest BCUT2D eigenvalue weighted by molar-refractivity contribution is 1.50. The van der Waals surface area contributed by atoms with Crippen molar-refractivity contribution >= 4 is 27.2 Å². The Bertz CT molecular complexity index is 683. The average molecular weight is 207 g/mol. The lowest BCUT2D eigenvalue weighted by Crippen LogP contribution is -1.89. The zero-order valence-electron chi connectivity index (χ0n) is 9.20. The fourth-order valence-electron chi connectivity index (χ4n) is 2.19. The van der Waals surface area contributed by atoms with Gasteiger partial charge >= 0.3 is 0 Å². The Hall–Kier alpha value is -2.02. The third kappa shape index (κ3) is 1.25. The monoisotopic (exact) mass is 207 g/mol. The summed E-state index contributed by atoms with van der Waals surface area (Å²) in [7, 11) is 0. The summed E-state index contributed by atoms with van der Waals surface area (Å²) in [6.07, 6.45) is 0. The highest BCUT2D eigenvalue weighted by molar-refractivity contribution is 6.08. The molecule has 0 spiro atoms. The topological polar surface area (TPSA) is 26.0 Å². The van der Waals surface area contributed by atoms with E-state index in [2.05, 4.69) is 48.5 Å². The molecule has 0 atom stereocenters. The Morgan fingerprint density at radius 2 is 1.56 bits per heavy atom. The molecule has 2 N–H and O–H groups in total. The number of benzene rings is 3. The van der Waals surface area contributed by atoms with E-state index in [0.717, 1.165) is 11.3 Å². The van der Waals surface area contributed by atoms with Crippen LogP contribution in [-0.4, -0.2) is 0 Å². The van der Waals surface area contributed by atoms with E-state index in [-0.39, 0.29) is 0 Å². The fraction of sp³-hybridized carbons (Fsp3) is 0.0667. The van der Waals surface area contributed by atoms with Gasteiger partial charge in [0.2, 0.25) is 0 Å². The highest BCUT2D eigenvalue weighted by atomic mass is 14.5. The summed E-state index contributed by atoms with van der Waals surface area (Å²) in [6.45, 7) is 2.05. The van der Waals surface area contributed by atoms with E-state index < -0.39 is 0 Å². The Balaban J connectivity index is 2.55. The molecule has 0 aliphatic carbocycles. The third-order valence-electron chi connectivity index (χ3n) is 3.13. The summed E-state index contributed by atoms with van der Waals surface area (Å²) in [6, 6.07) is 16.9. The summed E-state index contributed by atoms with van der Waals surface area (Å²) in [5, 5.41) is 5.02. The smallest absolute Gasteiger partial charge is 0.0350 e. The van der Waals surface area contributed by atoms with Crippen molar-refractivity contribution in [2.45, 2.75) is 6.92 Å². The number of fused-ring (bicyclic) bond motifs is 3. The summed E-state index contributed by atoms with van der Waals surface area (Å²) < 4.78 is 0. The molecule has 3 rings (SSSR count). The van der Waals surface area contributed by atoms with Crippen LogP contribution in [0.3, 0.4) is 0 Å². The maximum absolute atomic E-state index is 5.98. The van der Waals surface area contributed by atoms with Gasteiger partial charge < -0.3 is 5.73 Å². The normalized spacial score (nSPS) is 11.1. The molecule has 1 heteroatoms. The SMILES string of the molecule is Cc1cc2ccc3ccccc3c2cc1N. The molecule has 16 heavy (non-hydrogen) atoms. The third-order valence-corrected chi connectivity index (χ3v) is 3.13. The summed E-state index contributed by atoms with van der Waals surface area (Å²) >= 11 is 0. The van der Waals surface area contributed by atoms with E-state index in [1.807, 2.05) is 6.92 Å². The van der Waals surface area contributed by atoms with Crippen LogP contribution in [0.25, 0.3) is 21.5 Å². The van der Waals surface area contributed by atoms with Gasteiger partial charge in [-0.2, -0.15) is 0 Å². The zero-order valence-corrected chi connectivity index (χ0v) is 9.20. The van der Waals surface area contributed by atoms with E-state index in [0.29, 0.717) is 0 Å². The second-order valence-corrected chi connectivity index (χ2v) is 4.22. The van der Waals surface area contributed by atoms with E-state index in [9.17, 15) is 0 Å². The van der Waals surface area contributed by atoms with Crippen molar-refractivity contribution in [2.24, 2.45) is 0 Å². The zero-order chi connectivity index (χ0) is 11.1. The molecule has 0 fully saturated rings. The largest absolute Gasteiger partial charge is 0.398 e. The molecule has 0 aromatic heterocycles. The molecule has 0 unspecified atom stereocenters. The summed E-state index contributed by atoms with van der Waals surface area (Å²) in [5.41, 5.74) is 7.98. The van der Waals surface area contributed by atoms with Gasteiger partial charge in [-0.25, -0.2) is 0 Å². The highest BCUT2D eigenvalue weighted by Crippen LogP contribution is 2.28. The number of rotatable bonds is 0. The molecule has 0 aliphatic heterocycles. The number of aryl methyl sites for hydroxylation is 1. The second kappa shape index (κ2) is 3.24. The van der Waals surface area contributed by atoms with E-state index >= 15 is 0 Å². The molecule has 0 aliphatic rings. The lowest BCUT2D eigenvalue weighted by atomic mass is 9.99. The quantitative estimate of drug-likeness (QED) is 0.439. The first-order valence-corrected chi connectivity index (χ1v) is 5.43. The number of hydrogen-bond donors (Lipinski definition) is 1. The molecule has 0 radical (unpaired) electrons. The molecule has 0 bridgehead atoms. The van der Waals surface area contributed by atoms with Crippen molar-refractivity contribution in [2.75, 3.05) is 5.73 Å². The minimum Gasteiger partial charge on any atom is -0.398 e. The number of nitrogen functional groups attached to an aromatic ring is 1. The molecule has 78 valence electrons. The molecule has 0 saturated carbocycles. The first-order valence-electron chi connectivity index (χ1n) is 5.43. The predicted octanol–water partition coefficient (Wildman–Crippen LogP) is 3.88. The Morgan fingerprint density at radius 3 is 2.44 bits per heavy atom. The van der Waals surface area contributed by atoms with Gasteiger partial charge in [-0.1, -0.05) is 36.4 Å². The summed E-state index contributed by atoms with van der Waals surface area (Å²) in [5.74, 6) is 0. The molecule has 0 saturated heterocycles. The molecular weight excluding hydrogens is 194 g/mol. The van der Waals surface area contributed by atoms with Crippen molar-refractivity contribution in [3.05, 3.63) is 54.1 Å². The van der Waals surface area contributed by atoms with Crippen molar-refractivity contribution in [1.29, 1.82) is 0 Å². The standard InChI is InChI=1S/C15H13N/c1-10-8-12-7-6-11-4-2-3-5-13(11)14(12)9-15(10)16/h2-9H,16H2,1H3. The van der Waals surface area contributed by atoms with E-state index in [1.165, 1.54) is 21.5 Å². The van der Waals surface area contributed by atoms with Crippen LogP contribution in [0, 0.1) is 6.92 Å². The lowest BCUT2D eigenvalue weighted by Gasteiger charge is -2.07. The van der Waals surface area contributed by atoms with Gasteiger partial charge in [-0.15, -0.1) is 0 Å². The van der Waals surface area contributed by atoms with Crippen molar-refractivity contribution < 1.29 is 0 Å². The van der Waals surface area contributed by atoms with Crippen LogP contribution in [0.1, 0.15) is 5.56 Å². The number of hydrogen-bond acceptors (Lipinski definition) is 1. The number of anilines is 1. The van der Waals surface area contributed by atoms with Gasteiger partial charge in [0.25, 0.3) is 0 Å². The minimum absolute atomic E-state index is 0.865. The highest BCUT2D eigenvalue weighted by Gasteiger charge is 2.02. The first-order chi connectivity index (χ1) is 7.75. The van der Waals surface area contributed by atoms with Crippen LogP contribution in [0.15, 0.2) is 48.5 Å². The maximum atomic E-state index is 5.98. The van der Waals surface area contributed by atoms with Gasteiger partial charge in [0.15, 0.2) is 0 Å². The van der Waals surface area contributed by atoms with Crippen molar-refractivity contribution in [3.8, 4) is 0 Å².